The van der Waals surface area contributed by atoms with E-state index < -0.39 is 0 Å². The first-order valence-corrected chi connectivity index (χ1v) is 6.49. The Labute approximate surface area is 112 Å². The molecule has 1 aromatic heterocycles. The third-order valence-corrected chi connectivity index (χ3v) is 3.49. The highest BCUT2D eigenvalue weighted by Gasteiger charge is 2.06. The standard InChI is InChI=1S/C16H17N3/c1-19-16-7-6-13(10-14(16)11-18-19)15-5-3-2-4-12(15)8-9-17/h2-7,10-11H,8-9,17H2,1H3. The third kappa shape index (κ3) is 2.13. The smallest absolute Gasteiger partial charge is 0.0679 e. The molecule has 3 heteroatoms. The Hall–Kier alpha value is -2.13. The molecule has 0 saturated heterocycles. The van der Waals surface area contributed by atoms with Crippen LogP contribution in [0.4, 0.5) is 0 Å². The maximum Gasteiger partial charge on any atom is 0.0679 e. The van der Waals surface area contributed by atoms with Crippen molar-refractivity contribution in [2.24, 2.45) is 12.8 Å². The van der Waals surface area contributed by atoms with Gasteiger partial charge < -0.3 is 5.73 Å². The van der Waals surface area contributed by atoms with Gasteiger partial charge in [0.15, 0.2) is 0 Å². The van der Waals surface area contributed by atoms with Gasteiger partial charge in [-0.1, -0.05) is 30.3 Å². The second-order valence-corrected chi connectivity index (χ2v) is 4.74. The molecule has 0 aliphatic heterocycles. The summed E-state index contributed by atoms with van der Waals surface area (Å²) in [6.45, 7) is 0.673. The highest BCUT2D eigenvalue weighted by molar-refractivity contribution is 5.85. The molecule has 3 rings (SSSR count). The lowest BCUT2D eigenvalue weighted by Crippen LogP contribution is -2.03. The first kappa shape index (κ1) is 11.9. The first-order valence-electron chi connectivity index (χ1n) is 6.49. The van der Waals surface area contributed by atoms with Crippen molar-refractivity contribution in [2.45, 2.75) is 6.42 Å². The fourth-order valence-electron chi connectivity index (χ4n) is 2.51. The summed E-state index contributed by atoms with van der Waals surface area (Å²) in [6, 6.07) is 14.9. The first-order chi connectivity index (χ1) is 9.29. The van der Waals surface area contributed by atoms with Crippen LogP contribution in [0.3, 0.4) is 0 Å². The molecule has 3 aromatic rings. The summed E-state index contributed by atoms with van der Waals surface area (Å²) in [5.74, 6) is 0. The van der Waals surface area contributed by atoms with Gasteiger partial charge in [0.05, 0.1) is 11.7 Å². The van der Waals surface area contributed by atoms with E-state index >= 15 is 0 Å². The van der Waals surface area contributed by atoms with E-state index in [0.717, 1.165) is 11.9 Å². The van der Waals surface area contributed by atoms with E-state index in [0.29, 0.717) is 6.54 Å². The minimum atomic E-state index is 0.673. The minimum absolute atomic E-state index is 0.673. The molecule has 0 atom stereocenters. The molecule has 0 unspecified atom stereocenters. The lowest BCUT2D eigenvalue weighted by atomic mass is 9.97. The zero-order valence-electron chi connectivity index (χ0n) is 11.0. The van der Waals surface area contributed by atoms with E-state index in [1.54, 1.807) is 0 Å². The third-order valence-electron chi connectivity index (χ3n) is 3.49. The average Bonchev–Trinajstić information content (AvgIpc) is 2.81. The number of nitrogens with zero attached hydrogens (tertiary/aromatic N) is 2. The number of rotatable bonds is 3. The van der Waals surface area contributed by atoms with Gasteiger partial charge in [0.25, 0.3) is 0 Å². The number of hydrogen-bond donors (Lipinski definition) is 1. The van der Waals surface area contributed by atoms with Crippen LogP contribution in [-0.4, -0.2) is 16.3 Å². The van der Waals surface area contributed by atoms with Crippen LogP contribution < -0.4 is 5.73 Å². The molecule has 0 aliphatic rings. The Balaban J connectivity index is 2.13. The van der Waals surface area contributed by atoms with Gasteiger partial charge >= 0.3 is 0 Å². The largest absolute Gasteiger partial charge is 0.330 e. The molecular weight excluding hydrogens is 234 g/mol. The predicted octanol–water partition coefficient (Wildman–Crippen LogP) is 2.74. The predicted molar refractivity (Wildman–Crippen MR) is 78.9 cm³/mol. The van der Waals surface area contributed by atoms with Crippen molar-refractivity contribution in [1.82, 2.24) is 9.78 Å². The molecule has 0 fully saturated rings. The Kier molecular flexibility index (Phi) is 3.05. The number of benzene rings is 2. The van der Waals surface area contributed by atoms with E-state index in [1.165, 1.54) is 22.1 Å². The van der Waals surface area contributed by atoms with Gasteiger partial charge in [-0.25, -0.2) is 0 Å². The molecule has 96 valence electrons. The van der Waals surface area contributed by atoms with E-state index in [9.17, 15) is 0 Å². The van der Waals surface area contributed by atoms with Crippen molar-refractivity contribution in [3.05, 3.63) is 54.2 Å². The van der Waals surface area contributed by atoms with E-state index in [4.69, 9.17) is 5.73 Å². The molecule has 0 aliphatic carbocycles. The van der Waals surface area contributed by atoms with Crippen LogP contribution in [0.15, 0.2) is 48.7 Å². The highest BCUT2D eigenvalue weighted by Crippen LogP contribution is 2.27. The molecule has 3 nitrogen and oxygen atoms in total. The van der Waals surface area contributed by atoms with Gasteiger partial charge in [-0.2, -0.15) is 5.10 Å². The van der Waals surface area contributed by atoms with Gasteiger partial charge in [-0.3, -0.25) is 4.68 Å². The summed E-state index contributed by atoms with van der Waals surface area (Å²) in [5, 5.41) is 5.45. The number of aromatic nitrogens is 2. The Morgan fingerprint density at radius 2 is 2.00 bits per heavy atom. The molecule has 1 heterocycles. The highest BCUT2D eigenvalue weighted by atomic mass is 15.2. The molecule has 0 spiro atoms. The monoisotopic (exact) mass is 251 g/mol. The van der Waals surface area contributed by atoms with Crippen LogP contribution in [0.1, 0.15) is 5.56 Å². The van der Waals surface area contributed by atoms with Crippen LogP contribution >= 0.6 is 0 Å². The molecular formula is C16H17N3. The van der Waals surface area contributed by atoms with Crippen molar-refractivity contribution < 1.29 is 0 Å². The van der Waals surface area contributed by atoms with Crippen molar-refractivity contribution >= 4 is 10.9 Å². The van der Waals surface area contributed by atoms with Crippen molar-refractivity contribution in [1.29, 1.82) is 0 Å². The Morgan fingerprint density at radius 3 is 2.84 bits per heavy atom. The molecule has 2 N–H and O–H groups in total. The van der Waals surface area contributed by atoms with Crippen molar-refractivity contribution in [3.63, 3.8) is 0 Å². The van der Waals surface area contributed by atoms with Crippen molar-refractivity contribution in [3.8, 4) is 11.1 Å². The number of fused-ring (bicyclic) bond motifs is 1. The number of aryl methyl sites for hydroxylation is 1. The van der Waals surface area contributed by atoms with Gasteiger partial charge in [-0.15, -0.1) is 0 Å². The molecule has 19 heavy (non-hydrogen) atoms. The molecule has 0 bridgehead atoms. The molecule has 0 radical (unpaired) electrons. The lowest BCUT2D eigenvalue weighted by Gasteiger charge is -2.09. The average molecular weight is 251 g/mol. The number of hydrogen-bond acceptors (Lipinski definition) is 2. The normalized spacial score (nSPS) is 11.1. The van der Waals surface area contributed by atoms with Crippen LogP contribution in [0.5, 0.6) is 0 Å². The molecule has 2 aromatic carbocycles. The van der Waals surface area contributed by atoms with Crippen LogP contribution in [0, 0.1) is 0 Å². The zero-order chi connectivity index (χ0) is 13.2. The quantitative estimate of drug-likeness (QED) is 0.778. The molecule has 0 saturated carbocycles. The van der Waals surface area contributed by atoms with Gasteiger partial charge in [0.2, 0.25) is 0 Å². The van der Waals surface area contributed by atoms with E-state index in [-0.39, 0.29) is 0 Å². The lowest BCUT2D eigenvalue weighted by molar-refractivity contribution is 0.797. The molecule has 0 amide bonds. The van der Waals surface area contributed by atoms with Crippen LogP contribution in [0.25, 0.3) is 22.0 Å². The van der Waals surface area contributed by atoms with E-state index in [1.807, 2.05) is 17.9 Å². The SMILES string of the molecule is Cn1ncc2cc(-c3ccccc3CCN)ccc21. The second-order valence-electron chi connectivity index (χ2n) is 4.74. The summed E-state index contributed by atoms with van der Waals surface area (Å²) in [7, 11) is 1.96. The second kappa shape index (κ2) is 4.86. The van der Waals surface area contributed by atoms with Crippen LogP contribution in [0.2, 0.25) is 0 Å². The van der Waals surface area contributed by atoms with Gasteiger partial charge in [0, 0.05) is 12.4 Å². The minimum Gasteiger partial charge on any atom is -0.330 e. The summed E-state index contributed by atoms with van der Waals surface area (Å²) in [5.41, 5.74) is 10.6. The Bertz CT molecular complexity index is 713. The van der Waals surface area contributed by atoms with Crippen LogP contribution in [-0.2, 0) is 13.5 Å². The van der Waals surface area contributed by atoms with Gasteiger partial charge in [0.1, 0.15) is 0 Å². The number of nitrogens with two attached hydrogens (primary N) is 1. The maximum atomic E-state index is 5.69. The summed E-state index contributed by atoms with van der Waals surface area (Å²) < 4.78 is 1.89. The summed E-state index contributed by atoms with van der Waals surface area (Å²) in [6.07, 6.45) is 2.81. The van der Waals surface area contributed by atoms with E-state index in [2.05, 4.69) is 47.6 Å². The fourth-order valence-corrected chi connectivity index (χ4v) is 2.51. The fraction of sp³-hybridized carbons (Fsp3) is 0.188. The summed E-state index contributed by atoms with van der Waals surface area (Å²) >= 11 is 0. The topological polar surface area (TPSA) is 43.8 Å². The zero-order valence-corrected chi connectivity index (χ0v) is 11.0. The maximum absolute atomic E-state index is 5.69. The summed E-state index contributed by atoms with van der Waals surface area (Å²) in [4.78, 5) is 0. The van der Waals surface area contributed by atoms with Crippen molar-refractivity contribution in [2.75, 3.05) is 6.54 Å². The Morgan fingerprint density at radius 1 is 1.16 bits per heavy atom. The van der Waals surface area contributed by atoms with Gasteiger partial charge in [-0.05, 0) is 41.8 Å².